The Balaban J connectivity index is 2.60. The minimum Gasteiger partial charge on any atom is -0.381 e. The predicted molar refractivity (Wildman–Crippen MR) is 55.5 cm³/mol. The fraction of sp³-hybridized carbons (Fsp3) is 0.111. The number of halogens is 1. The fourth-order valence-electron chi connectivity index (χ4n) is 1.19. The van der Waals surface area contributed by atoms with Crippen LogP contribution >= 0.6 is 11.6 Å². The van der Waals surface area contributed by atoms with Crippen molar-refractivity contribution in [2.24, 2.45) is 0 Å². The summed E-state index contributed by atoms with van der Waals surface area (Å²) in [6.45, 7) is 1.85. The standard InChI is InChI=1S/C9H9ClN4/c1-6-9(11)12-13-14(6)8-5-3-2-4-7(8)10/h2-5H,11H2,1H3. The number of hydrogen-bond acceptors (Lipinski definition) is 3. The Hall–Kier alpha value is -1.55. The molecule has 0 amide bonds. The summed E-state index contributed by atoms with van der Waals surface area (Å²) in [6.07, 6.45) is 0. The van der Waals surface area contributed by atoms with Gasteiger partial charge in [-0.05, 0) is 19.1 Å². The van der Waals surface area contributed by atoms with Gasteiger partial charge in [0.05, 0.1) is 16.4 Å². The molecule has 1 aromatic heterocycles. The number of nitrogens with zero attached hydrogens (tertiary/aromatic N) is 3. The molecule has 0 radical (unpaired) electrons. The minimum absolute atomic E-state index is 0.421. The first-order valence-corrected chi connectivity index (χ1v) is 4.50. The summed E-state index contributed by atoms with van der Waals surface area (Å²) in [7, 11) is 0. The Labute approximate surface area is 86.3 Å². The quantitative estimate of drug-likeness (QED) is 0.778. The van der Waals surface area contributed by atoms with Crippen LogP contribution in [-0.2, 0) is 0 Å². The SMILES string of the molecule is Cc1c(N)nnn1-c1ccccc1Cl. The van der Waals surface area contributed by atoms with Gasteiger partial charge in [-0.1, -0.05) is 28.9 Å². The number of anilines is 1. The molecular weight excluding hydrogens is 200 g/mol. The second-order valence-corrected chi connectivity index (χ2v) is 3.33. The van der Waals surface area contributed by atoms with E-state index in [1.807, 2.05) is 25.1 Å². The average Bonchev–Trinajstić information content (AvgIpc) is 2.49. The molecule has 1 heterocycles. The van der Waals surface area contributed by atoms with Crippen molar-refractivity contribution < 1.29 is 0 Å². The van der Waals surface area contributed by atoms with E-state index in [0.29, 0.717) is 10.8 Å². The molecule has 72 valence electrons. The van der Waals surface area contributed by atoms with Gasteiger partial charge >= 0.3 is 0 Å². The molecule has 4 nitrogen and oxygen atoms in total. The van der Waals surface area contributed by atoms with Crippen LogP contribution in [0.3, 0.4) is 0 Å². The molecule has 14 heavy (non-hydrogen) atoms. The molecule has 2 rings (SSSR count). The second kappa shape index (κ2) is 3.31. The molecule has 2 N–H and O–H groups in total. The summed E-state index contributed by atoms with van der Waals surface area (Å²) in [6, 6.07) is 7.41. The molecule has 0 aliphatic rings. The summed E-state index contributed by atoms with van der Waals surface area (Å²) in [5, 5.41) is 8.29. The van der Waals surface area contributed by atoms with Crippen molar-refractivity contribution >= 4 is 17.4 Å². The van der Waals surface area contributed by atoms with E-state index in [-0.39, 0.29) is 0 Å². The van der Waals surface area contributed by atoms with Gasteiger partial charge in [0.25, 0.3) is 0 Å². The van der Waals surface area contributed by atoms with Crippen molar-refractivity contribution in [2.75, 3.05) is 5.73 Å². The molecule has 0 unspecified atom stereocenters. The maximum absolute atomic E-state index is 6.01. The van der Waals surface area contributed by atoms with E-state index in [2.05, 4.69) is 10.3 Å². The number of benzene rings is 1. The average molecular weight is 209 g/mol. The smallest absolute Gasteiger partial charge is 0.169 e. The molecule has 0 saturated carbocycles. The zero-order valence-electron chi connectivity index (χ0n) is 7.61. The zero-order chi connectivity index (χ0) is 10.1. The van der Waals surface area contributed by atoms with Crippen LogP contribution in [0.5, 0.6) is 0 Å². The maximum atomic E-state index is 6.01. The highest BCUT2D eigenvalue weighted by molar-refractivity contribution is 6.32. The molecule has 0 spiro atoms. The van der Waals surface area contributed by atoms with Gasteiger partial charge in [-0.25, -0.2) is 4.68 Å². The minimum atomic E-state index is 0.421. The molecule has 0 fully saturated rings. The van der Waals surface area contributed by atoms with E-state index in [9.17, 15) is 0 Å². The van der Waals surface area contributed by atoms with Crippen LogP contribution in [0.15, 0.2) is 24.3 Å². The lowest BCUT2D eigenvalue weighted by atomic mass is 10.3. The van der Waals surface area contributed by atoms with E-state index >= 15 is 0 Å². The molecule has 0 bridgehead atoms. The van der Waals surface area contributed by atoms with Crippen molar-refractivity contribution in [1.82, 2.24) is 15.0 Å². The Morgan fingerprint density at radius 2 is 2.07 bits per heavy atom. The zero-order valence-corrected chi connectivity index (χ0v) is 8.36. The van der Waals surface area contributed by atoms with Crippen LogP contribution < -0.4 is 5.73 Å². The largest absolute Gasteiger partial charge is 0.381 e. The molecule has 5 heteroatoms. The van der Waals surface area contributed by atoms with Crippen molar-refractivity contribution in [2.45, 2.75) is 6.92 Å². The Kier molecular flexibility index (Phi) is 2.13. The maximum Gasteiger partial charge on any atom is 0.169 e. The number of nitrogen functional groups attached to an aromatic ring is 1. The molecule has 0 saturated heterocycles. The molecule has 0 aliphatic heterocycles. The van der Waals surface area contributed by atoms with Crippen LogP contribution in [0, 0.1) is 6.92 Å². The highest BCUT2D eigenvalue weighted by atomic mass is 35.5. The van der Waals surface area contributed by atoms with Gasteiger partial charge in [-0.2, -0.15) is 0 Å². The lowest BCUT2D eigenvalue weighted by Gasteiger charge is -2.04. The van der Waals surface area contributed by atoms with Gasteiger partial charge < -0.3 is 5.73 Å². The van der Waals surface area contributed by atoms with Crippen molar-refractivity contribution in [3.63, 3.8) is 0 Å². The first-order chi connectivity index (χ1) is 6.70. The van der Waals surface area contributed by atoms with Gasteiger partial charge in [0.2, 0.25) is 0 Å². The van der Waals surface area contributed by atoms with Crippen LogP contribution in [0.1, 0.15) is 5.69 Å². The van der Waals surface area contributed by atoms with E-state index in [1.165, 1.54) is 0 Å². The van der Waals surface area contributed by atoms with Gasteiger partial charge in [-0.3, -0.25) is 0 Å². The second-order valence-electron chi connectivity index (χ2n) is 2.92. The van der Waals surface area contributed by atoms with Crippen LogP contribution in [0.4, 0.5) is 5.82 Å². The van der Waals surface area contributed by atoms with Crippen LogP contribution in [0.25, 0.3) is 5.69 Å². The number of aromatic nitrogens is 3. The summed E-state index contributed by atoms with van der Waals surface area (Å²) < 4.78 is 1.62. The molecule has 1 aromatic carbocycles. The van der Waals surface area contributed by atoms with E-state index in [0.717, 1.165) is 11.4 Å². The fourth-order valence-corrected chi connectivity index (χ4v) is 1.41. The first kappa shape index (κ1) is 9.02. The van der Waals surface area contributed by atoms with Crippen molar-refractivity contribution in [1.29, 1.82) is 0 Å². The van der Waals surface area contributed by atoms with E-state index in [1.54, 1.807) is 10.7 Å². The van der Waals surface area contributed by atoms with Gasteiger partial charge in [0, 0.05) is 0 Å². The first-order valence-electron chi connectivity index (χ1n) is 4.13. The Morgan fingerprint density at radius 3 is 2.64 bits per heavy atom. The van der Waals surface area contributed by atoms with Gasteiger partial charge in [0.15, 0.2) is 5.82 Å². The molecular formula is C9H9ClN4. The third kappa shape index (κ3) is 1.33. The molecule has 0 atom stereocenters. The van der Waals surface area contributed by atoms with Crippen molar-refractivity contribution in [3.8, 4) is 5.69 Å². The predicted octanol–water partition coefficient (Wildman–Crippen LogP) is 1.81. The highest BCUT2D eigenvalue weighted by Gasteiger charge is 2.08. The monoisotopic (exact) mass is 208 g/mol. The van der Waals surface area contributed by atoms with Gasteiger partial charge in [-0.15, -0.1) is 5.10 Å². The summed E-state index contributed by atoms with van der Waals surface area (Å²) >= 11 is 6.01. The lowest BCUT2D eigenvalue weighted by Crippen LogP contribution is -2.00. The number of para-hydroxylation sites is 1. The summed E-state index contributed by atoms with van der Waals surface area (Å²) in [5.41, 5.74) is 7.17. The van der Waals surface area contributed by atoms with Crippen LogP contribution in [0.2, 0.25) is 5.02 Å². The molecule has 2 aromatic rings. The van der Waals surface area contributed by atoms with E-state index in [4.69, 9.17) is 17.3 Å². The summed E-state index contributed by atoms with van der Waals surface area (Å²) in [5.74, 6) is 0.421. The van der Waals surface area contributed by atoms with Crippen LogP contribution in [-0.4, -0.2) is 15.0 Å². The Bertz CT molecular complexity index is 464. The van der Waals surface area contributed by atoms with Gasteiger partial charge in [0.1, 0.15) is 0 Å². The Morgan fingerprint density at radius 1 is 1.36 bits per heavy atom. The normalized spacial score (nSPS) is 10.4. The third-order valence-corrected chi connectivity index (χ3v) is 2.33. The third-order valence-electron chi connectivity index (χ3n) is 2.01. The highest BCUT2D eigenvalue weighted by Crippen LogP contribution is 2.21. The number of nitrogens with two attached hydrogens (primary N) is 1. The number of hydrogen-bond donors (Lipinski definition) is 1. The van der Waals surface area contributed by atoms with Crippen molar-refractivity contribution in [3.05, 3.63) is 35.0 Å². The molecule has 0 aliphatic carbocycles. The lowest BCUT2D eigenvalue weighted by molar-refractivity contribution is 0.785. The topological polar surface area (TPSA) is 56.7 Å². The van der Waals surface area contributed by atoms with E-state index < -0.39 is 0 Å². The summed E-state index contributed by atoms with van der Waals surface area (Å²) in [4.78, 5) is 0. The number of rotatable bonds is 1.